The predicted molar refractivity (Wildman–Crippen MR) is 81.2 cm³/mol. The Balaban J connectivity index is 1.59. The zero-order valence-electron chi connectivity index (χ0n) is 11.8. The van der Waals surface area contributed by atoms with Crippen LogP contribution in [0.3, 0.4) is 0 Å². The van der Waals surface area contributed by atoms with Crippen molar-refractivity contribution in [2.24, 2.45) is 5.92 Å². The van der Waals surface area contributed by atoms with Gasteiger partial charge in [-0.15, -0.1) is 0 Å². The van der Waals surface area contributed by atoms with E-state index in [0.717, 1.165) is 18.5 Å². The first-order valence-corrected chi connectivity index (χ1v) is 7.64. The average Bonchev–Trinajstić information content (AvgIpc) is 2.93. The van der Waals surface area contributed by atoms with Gasteiger partial charge in [-0.1, -0.05) is 32.3 Å². The molecule has 19 heavy (non-hydrogen) atoms. The number of H-pyrrole nitrogens is 1. The molecule has 2 N–H and O–H groups in total. The van der Waals surface area contributed by atoms with E-state index in [1.54, 1.807) is 0 Å². The Hall–Kier alpha value is -1.28. The lowest BCUT2D eigenvalue weighted by atomic mass is 9.84. The van der Waals surface area contributed by atoms with Crippen molar-refractivity contribution < 1.29 is 0 Å². The molecular formula is C17H24N2. The zero-order valence-corrected chi connectivity index (χ0v) is 11.8. The quantitative estimate of drug-likeness (QED) is 0.842. The Bertz CT molecular complexity index is 529. The van der Waals surface area contributed by atoms with Crippen LogP contribution in [0.15, 0.2) is 30.5 Å². The maximum atomic E-state index is 3.75. The monoisotopic (exact) mass is 256 g/mol. The number of benzene rings is 1. The summed E-state index contributed by atoms with van der Waals surface area (Å²) in [4.78, 5) is 3.25. The van der Waals surface area contributed by atoms with Gasteiger partial charge in [0.2, 0.25) is 0 Å². The van der Waals surface area contributed by atoms with E-state index in [2.05, 4.69) is 41.5 Å². The van der Waals surface area contributed by atoms with Crippen LogP contribution in [0.1, 0.15) is 44.6 Å². The van der Waals surface area contributed by atoms with Crippen molar-refractivity contribution in [3.05, 3.63) is 36.0 Å². The van der Waals surface area contributed by atoms with Crippen LogP contribution in [-0.4, -0.2) is 11.0 Å². The van der Waals surface area contributed by atoms with Crippen molar-refractivity contribution in [1.82, 2.24) is 10.3 Å². The summed E-state index contributed by atoms with van der Waals surface area (Å²) in [5.41, 5.74) is 2.62. The highest BCUT2D eigenvalue weighted by molar-refractivity contribution is 5.79. The lowest BCUT2D eigenvalue weighted by Gasteiger charge is -2.29. The van der Waals surface area contributed by atoms with Crippen molar-refractivity contribution in [2.75, 3.05) is 0 Å². The maximum Gasteiger partial charge on any atom is 0.0454 e. The second-order valence-electron chi connectivity index (χ2n) is 5.92. The molecular weight excluding hydrogens is 232 g/mol. The van der Waals surface area contributed by atoms with Crippen molar-refractivity contribution >= 4 is 10.9 Å². The van der Waals surface area contributed by atoms with E-state index in [0.29, 0.717) is 0 Å². The molecule has 2 unspecified atom stereocenters. The Kier molecular flexibility index (Phi) is 3.88. The summed E-state index contributed by atoms with van der Waals surface area (Å²) in [5, 5.41) is 5.06. The molecule has 0 radical (unpaired) electrons. The summed E-state index contributed by atoms with van der Waals surface area (Å²) < 4.78 is 0. The van der Waals surface area contributed by atoms with Gasteiger partial charge in [0.05, 0.1) is 0 Å². The molecule has 1 saturated carbocycles. The molecule has 2 heteroatoms. The van der Waals surface area contributed by atoms with E-state index in [1.165, 1.54) is 48.6 Å². The van der Waals surface area contributed by atoms with Crippen LogP contribution in [-0.2, 0) is 6.54 Å². The van der Waals surface area contributed by atoms with Gasteiger partial charge in [0.1, 0.15) is 0 Å². The number of fused-ring (bicyclic) bond motifs is 1. The minimum atomic E-state index is 0.723. The van der Waals surface area contributed by atoms with E-state index in [-0.39, 0.29) is 0 Å². The van der Waals surface area contributed by atoms with Gasteiger partial charge in [-0.2, -0.15) is 0 Å². The number of hydrogen-bond donors (Lipinski definition) is 2. The van der Waals surface area contributed by atoms with Gasteiger partial charge in [0, 0.05) is 24.3 Å². The smallest absolute Gasteiger partial charge is 0.0454 e. The zero-order chi connectivity index (χ0) is 13.1. The topological polar surface area (TPSA) is 27.8 Å². The van der Waals surface area contributed by atoms with E-state index in [4.69, 9.17) is 0 Å². The minimum Gasteiger partial charge on any atom is -0.361 e. The standard InChI is InChI=1S/C17H24N2/c1-2-13-4-3-5-16(11-13)19-12-14-6-7-17-15(10-14)8-9-18-17/h6-10,13,16,18-19H,2-5,11-12H2,1H3. The summed E-state index contributed by atoms with van der Waals surface area (Å²) in [6.45, 7) is 3.33. The van der Waals surface area contributed by atoms with Gasteiger partial charge in [0.15, 0.2) is 0 Å². The molecule has 2 atom stereocenters. The molecule has 1 fully saturated rings. The van der Waals surface area contributed by atoms with Crippen LogP contribution in [0.2, 0.25) is 0 Å². The first-order valence-electron chi connectivity index (χ1n) is 7.64. The number of aromatic nitrogens is 1. The lowest BCUT2D eigenvalue weighted by Crippen LogP contribution is -2.33. The molecule has 1 aliphatic carbocycles. The molecule has 2 nitrogen and oxygen atoms in total. The predicted octanol–water partition coefficient (Wildman–Crippen LogP) is 4.23. The van der Waals surface area contributed by atoms with Gasteiger partial charge >= 0.3 is 0 Å². The van der Waals surface area contributed by atoms with Crippen molar-refractivity contribution in [3.63, 3.8) is 0 Å². The van der Waals surface area contributed by atoms with Gasteiger partial charge in [-0.3, -0.25) is 0 Å². The molecule has 3 rings (SSSR count). The molecule has 1 aromatic carbocycles. The van der Waals surface area contributed by atoms with E-state index < -0.39 is 0 Å². The van der Waals surface area contributed by atoms with Crippen molar-refractivity contribution in [3.8, 4) is 0 Å². The number of rotatable bonds is 4. The molecule has 0 aliphatic heterocycles. The van der Waals surface area contributed by atoms with Gasteiger partial charge in [-0.05, 0) is 47.9 Å². The molecule has 1 heterocycles. The highest BCUT2D eigenvalue weighted by Crippen LogP contribution is 2.26. The number of aromatic amines is 1. The third-order valence-corrected chi connectivity index (χ3v) is 4.57. The van der Waals surface area contributed by atoms with Gasteiger partial charge < -0.3 is 10.3 Å². The molecule has 1 aromatic heterocycles. The molecule has 1 aliphatic rings. The molecule has 102 valence electrons. The normalized spacial score (nSPS) is 23.8. The van der Waals surface area contributed by atoms with Crippen LogP contribution in [0, 0.1) is 5.92 Å². The molecule has 2 aromatic rings. The van der Waals surface area contributed by atoms with E-state index in [9.17, 15) is 0 Å². The fraction of sp³-hybridized carbons (Fsp3) is 0.529. The maximum absolute atomic E-state index is 3.75. The fourth-order valence-corrected chi connectivity index (χ4v) is 3.32. The highest BCUT2D eigenvalue weighted by Gasteiger charge is 2.19. The average molecular weight is 256 g/mol. The molecule has 0 spiro atoms. The van der Waals surface area contributed by atoms with E-state index >= 15 is 0 Å². The first kappa shape index (κ1) is 12.7. The SMILES string of the molecule is CCC1CCCC(NCc2ccc3[nH]ccc3c2)C1. The summed E-state index contributed by atoms with van der Waals surface area (Å²) in [6.07, 6.45) is 8.89. The minimum absolute atomic E-state index is 0.723. The van der Waals surface area contributed by atoms with Gasteiger partial charge in [0.25, 0.3) is 0 Å². The van der Waals surface area contributed by atoms with Crippen LogP contribution in [0.25, 0.3) is 10.9 Å². The van der Waals surface area contributed by atoms with Crippen molar-refractivity contribution in [1.29, 1.82) is 0 Å². The summed E-state index contributed by atoms with van der Waals surface area (Å²) in [5.74, 6) is 0.943. The lowest BCUT2D eigenvalue weighted by molar-refractivity contribution is 0.278. The Labute approximate surface area is 115 Å². The van der Waals surface area contributed by atoms with Crippen LogP contribution >= 0.6 is 0 Å². The second kappa shape index (κ2) is 5.79. The second-order valence-corrected chi connectivity index (χ2v) is 5.92. The highest BCUT2D eigenvalue weighted by atomic mass is 14.9. The summed E-state index contributed by atoms with van der Waals surface area (Å²) in [7, 11) is 0. The van der Waals surface area contributed by atoms with Crippen LogP contribution in [0.4, 0.5) is 0 Å². The summed E-state index contributed by atoms with van der Waals surface area (Å²) >= 11 is 0. The third kappa shape index (κ3) is 3.01. The Morgan fingerprint density at radius 1 is 1.26 bits per heavy atom. The van der Waals surface area contributed by atoms with Gasteiger partial charge in [-0.25, -0.2) is 0 Å². The number of nitrogens with one attached hydrogen (secondary N) is 2. The molecule has 0 bridgehead atoms. The Morgan fingerprint density at radius 2 is 2.21 bits per heavy atom. The van der Waals surface area contributed by atoms with Crippen LogP contribution in [0.5, 0.6) is 0 Å². The first-order chi connectivity index (χ1) is 9.35. The molecule has 0 amide bonds. The molecule has 0 saturated heterocycles. The third-order valence-electron chi connectivity index (χ3n) is 4.57. The number of hydrogen-bond acceptors (Lipinski definition) is 1. The summed E-state index contributed by atoms with van der Waals surface area (Å²) in [6, 6.07) is 9.57. The van der Waals surface area contributed by atoms with E-state index in [1.807, 2.05) is 6.20 Å². The van der Waals surface area contributed by atoms with Crippen molar-refractivity contribution in [2.45, 2.75) is 51.6 Å². The Morgan fingerprint density at radius 3 is 3.11 bits per heavy atom. The van der Waals surface area contributed by atoms with Crippen LogP contribution < -0.4 is 5.32 Å². The fourth-order valence-electron chi connectivity index (χ4n) is 3.32. The largest absolute Gasteiger partial charge is 0.361 e.